The molecule has 1 atom stereocenters. The molecule has 0 aliphatic heterocycles. The summed E-state index contributed by atoms with van der Waals surface area (Å²) in [4.78, 5) is 25.3. The third-order valence-corrected chi connectivity index (χ3v) is 7.56. The van der Waals surface area contributed by atoms with Crippen molar-refractivity contribution in [3.8, 4) is 5.75 Å². The van der Waals surface area contributed by atoms with Crippen molar-refractivity contribution < 1.29 is 13.9 Å². The fourth-order valence-corrected chi connectivity index (χ4v) is 5.44. The van der Waals surface area contributed by atoms with Crippen LogP contribution in [0.15, 0.2) is 24.5 Å². The van der Waals surface area contributed by atoms with E-state index in [0.717, 1.165) is 54.4 Å². The summed E-state index contributed by atoms with van der Waals surface area (Å²) in [6, 6.07) is 4.55. The molecule has 1 saturated carbocycles. The van der Waals surface area contributed by atoms with Crippen LogP contribution >= 0.6 is 11.3 Å². The van der Waals surface area contributed by atoms with Gasteiger partial charge in [0, 0.05) is 12.1 Å². The van der Waals surface area contributed by atoms with Gasteiger partial charge in [-0.25, -0.2) is 14.4 Å². The van der Waals surface area contributed by atoms with E-state index in [1.807, 2.05) is 27.9 Å². The lowest BCUT2D eigenvalue weighted by Crippen LogP contribution is -2.34. The van der Waals surface area contributed by atoms with Gasteiger partial charge in [0.05, 0.1) is 22.1 Å². The molecule has 1 aliphatic rings. The molecule has 35 heavy (non-hydrogen) atoms. The first-order chi connectivity index (χ1) is 16.8. The second kappa shape index (κ2) is 11.3. The maximum atomic E-state index is 14.1. The highest BCUT2D eigenvalue weighted by Crippen LogP contribution is 2.37. The molecule has 2 heterocycles. The van der Waals surface area contributed by atoms with Crippen molar-refractivity contribution in [2.24, 2.45) is 0 Å². The molecule has 188 valence electrons. The molecule has 0 bridgehead atoms. The molecule has 2 aromatic heterocycles. The Morgan fingerprint density at radius 2 is 2.03 bits per heavy atom. The van der Waals surface area contributed by atoms with E-state index in [1.54, 1.807) is 6.07 Å². The number of carbonyl (C=O) groups is 1. The molecule has 1 aliphatic carbocycles. The molecular formula is C26H34FN5O2S. The number of nitrogens with one attached hydrogen (secondary N) is 2. The number of fused-ring (bicyclic) bond motifs is 1. The number of ether oxygens (including phenoxy) is 1. The van der Waals surface area contributed by atoms with Crippen LogP contribution in [0.25, 0.3) is 10.2 Å². The number of hydrogen-bond donors (Lipinski definition) is 2. The second-order valence-corrected chi connectivity index (χ2v) is 10.6. The molecule has 0 spiro atoms. The van der Waals surface area contributed by atoms with E-state index in [1.165, 1.54) is 36.2 Å². The molecule has 0 saturated heterocycles. The zero-order valence-corrected chi connectivity index (χ0v) is 21.7. The van der Waals surface area contributed by atoms with Crippen molar-refractivity contribution in [1.29, 1.82) is 0 Å². The van der Waals surface area contributed by atoms with Crippen LogP contribution in [-0.4, -0.2) is 53.6 Å². The van der Waals surface area contributed by atoms with Crippen molar-refractivity contribution in [2.75, 3.05) is 26.0 Å². The molecule has 7 nitrogen and oxygen atoms in total. The Balaban J connectivity index is 1.58. The van der Waals surface area contributed by atoms with Gasteiger partial charge < -0.3 is 20.3 Å². The summed E-state index contributed by atoms with van der Waals surface area (Å²) in [5.41, 5.74) is 1.47. The summed E-state index contributed by atoms with van der Waals surface area (Å²) in [5.74, 6) is 0.599. The minimum atomic E-state index is -0.344. The first-order valence-corrected chi connectivity index (χ1v) is 13.1. The van der Waals surface area contributed by atoms with Crippen LogP contribution in [0.4, 0.5) is 15.9 Å². The lowest BCUT2D eigenvalue weighted by molar-refractivity contribution is 0.0940. The summed E-state index contributed by atoms with van der Waals surface area (Å²) in [5, 5.41) is 7.21. The van der Waals surface area contributed by atoms with E-state index in [0.29, 0.717) is 22.1 Å². The van der Waals surface area contributed by atoms with E-state index in [4.69, 9.17) is 4.74 Å². The zero-order chi connectivity index (χ0) is 24.9. The van der Waals surface area contributed by atoms with E-state index in [-0.39, 0.29) is 23.9 Å². The summed E-state index contributed by atoms with van der Waals surface area (Å²) in [6.45, 7) is 4.82. The molecule has 1 unspecified atom stereocenters. The third kappa shape index (κ3) is 6.27. The highest BCUT2D eigenvalue weighted by molar-refractivity contribution is 7.20. The van der Waals surface area contributed by atoms with Gasteiger partial charge in [-0.1, -0.05) is 6.42 Å². The quantitative estimate of drug-likeness (QED) is 0.395. The van der Waals surface area contributed by atoms with Crippen LogP contribution in [0.5, 0.6) is 5.75 Å². The van der Waals surface area contributed by atoms with Crippen molar-refractivity contribution in [3.63, 3.8) is 0 Å². The largest absolute Gasteiger partial charge is 0.488 e. The number of nitrogens with zero attached hydrogens (tertiary/aromatic N) is 3. The van der Waals surface area contributed by atoms with Gasteiger partial charge in [0.1, 0.15) is 28.5 Å². The van der Waals surface area contributed by atoms with Gasteiger partial charge >= 0.3 is 0 Å². The molecule has 1 amide bonds. The Bertz CT molecular complexity index is 1180. The molecule has 9 heteroatoms. The minimum absolute atomic E-state index is 0.0527. The SMILES string of the molecule is Cc1c(C(=O)NC(C)CCN(C)C)sc2ncnc(Nc3ccc(F)cc3OC3CCCCC3)c12. The number of halogens is 1. The van der Waals surface area contributed by atoms with Gasteiger partial charge in [-0.15, -0.1) is 11.3 Å². The van der Waals surface area contributed by atoms with E-state index >= 15 is 0 Å². The van der Waals surface area contributed by atoms with Crippen molar-refractivity contribution >= 4 is 39.0 Å². The minimum Gasteiger partial charge on any atom is -0.488 e. The van der Waals surface area contributed by atoms with Gasteiger partial charge in [0.15, 0.2) is 0 Å². The van der Waals surface area contributed by atoms with Gasteiger partial charge in [-0.3, -0.25) is 4.79 Å². The van der Waals surface area contributed by atoms with Crippen LogP contribution < -0.4 is 15.4 Å². The smallest absolute Gasteiger partial charge is 0.261 e. The first kappa shape index (κ1) is 25.3. The van der Waals surface area contributed by atoms with Crippen LogP contribution in [0.3, 0.4) is 0 Å². The van der Waals surface area contributed by atoms with E-state index in [9.17, 15) is 9.18 Å². The number of rotatable bonds is 9. The highest BCUT2D eigenvalue weighted by atomic mass is 32.1. The van der Waals surface area contributed by atoms with Gasteiger partial charge in [-0.05, 0) is 84.3 Å². The molecule has 3 aromatic rings. The molecule has 2 N–H and O–H groups in total. The van der Waals surface area contributed by atoms with Crippen LogP contribution in [-0.2, 0) is 0 Å². The maximum Gasteiger partial charge on any atom is 0.261 e. The number of anilines is 2. The molecule has 4 rings (SSSR count). The zero-order valence-electron chi connectivity index (χ0n) is 20.9. The molecule has 1 aromatic carbocycles. The van der Waals surface area contributed by atoms with Crippen molar-refractivity contribution in [2.45, 2.75) is 64.5 Å². The standard InChI is InChI=1S/C26H34FN5O2S/c1-16(12-13-32(3)4)30-25(33)23-17(2)22-24(28-15-29-26(22)35-23)31-20-11-10-18(27)14-21(20)34-19-8-6-5-7-9-19/h10-11,14-16,19H,5-9,12-13H2,1-4H3,(H,30,33)(H,28,29,31). The predicted molar refractivity (Wildman–Crippen MR) is 139 cm³/mol. The predicted octanol–water partition coefficient (Wildman–Crippen LogP) is 5.66. The van der Waals surface area contributed by atoms with Gasteiger partial charge in [0.25, 0.3) is 5.91 Å². The van der Waals surface area contributed by atoms with Crippen LogP contribution in [0.1, 0.15) is 60.7 Å². The maximum absolute atomic E-state index is 14.1. The fraction of sp³-hybridized carbons (Fsp3) is 0.500. The van der Waals surface area contributed by atoms with Gasteiger partial charge in [-0.2, -0.15) is 0 Å². The number of aromatic nitrogens is 2. The number of amides is 1. The number of aryl methyl sites for hydroxylation is 1. The Hall–Kier alpha value is -2.78. The second-order valence-electron chi connectivity index (χ2n) is 9.57. The van der Waals surface area contributed by atoms with Crippen LogP contribution in [0.2, 0.25) is 0 Å². The Morgan fingerprint density at radius 1 is 1.26 bits per heavy atom. The van der Waals surface area contributed by atoms with E-state index in [2.05, 4.69) is 25.5 Å². The topological polar surface area (TPSA) is 79.4 Å². The Kier molecular flexibility index (Phi) is 8.18. The Morgan fingerprint density at radius 3 is 2.77 bits per heavy atom. The summed E-state index contributed by atoms with van der Waals surface area (Å²) < 4.78 is 20.3. The van der Waals surface area contributed by atoms with Crippen LogP contribution in [0, 0.1) is 12.7 Å². The number of benzene rings is 1. The number of hydrogen-bond acceptors (Lipinski definition) is 7. The average molecular weight is 500 g/mol. The lowest BCUT2D eigenvalue weighted by Gasteiger charge is -2.24. The summed E-state index contributed by atoms with van der Waals surface area (Å²) >= 11 is 1.35. The Labute approximate surface area is 210 Å². The monoisotopic (exact) mass is 499 g/mol. The van der Waals surface area contributed by atoms with Crippen molar-refractivity contribution in [1.82, 2.24) is 20.2 Å². The van der Waals surface area contributed by atoms with E-state index < -0.39 is 0 Å². The van der Waals surface area contributed by atoms with Gasteiger partial charge in [0.2, 0.25) is 0 Å². The molecule has 1 fully saturated rings. The first-order valence-electron chi connectivity index (χ1n) is 12.2. The summed E-state index contributed by atoms with van der Waals surface area (Å²) in [7, 11) is 4.04. The number of carbonyl (C=O) groups excluding carboxylic acids is 1. The average Bonchev–Trinajstić information content (AvgIpc) is 3.17. The normalized spacial score (nSPS) is 15.4. The summed E-state index contributed by atoms with van der Waals surface area (Å²) in [6.07, 6.45) is 7.85. The number of thiophene rings is 1. The third-order valence-electron chi connectivity index (χ3n) is 6.36. The highest BCUT2D eigenvalue weighted by Gasteiger charge is 2.22. The molecular weight excluding hydrogens is 465 g/mol. The molecule has 0 radical (unpaired) electrons. The lowest BCUT2D eigenvalue weighted by atomic mass is 9.98. The van der Waals surface area contributed by atoms with Crippen molar-refractivity contribution in [3.05, 3.63) is 40.8 Å². The fourth-order valence-electron chi connectivity index (χ4n) is 4.38.